The number of Topliss-reactive ketones (excluding diaryl/α,β-unsaturated/α-hetero) is 1. The Morgan fingerprint density at radius 3 is 2.44 bits per heavy atom. The van der Waals surface area contributed by atoms with E-state index < -0.39 is 47.0 Å². The Kier molecular flexibility index (Phi) is 6.04. The summed E-state index contributed by atoms with van der Waals surface area (Å²) < 4.78 is 0. The molecule has 0 aliphatic heterocycles. The normalized spacial score (nSPS) is 20.8. The summed E-state index contributed by atoms with van der Waals surface area (Å²) in [5.74, 6) is -3.21. The summed E-state index contributed by atoms with van der Waals surface area (Å²) >= 11 is 0. The van der Waals surface area contributed by atoms with Crippen LogP contribution in [0.3, 0.4) is 0 Å². The fraction of sp³-hybridized carbons (Fsp3) is 0.333. The standard InChI is InChI=1S/C24H26O8/c1-11(2)4-5-15-16-7-13(26)8-18(28)19(16)21(29)20-17(15)10-24(32,23(31)22(20)30)9-14(27)6-12(3)25/h4,6-8,23,26-29,31-32H,5,9-10H2,1-3H3. The van der Waals surface area contributed by atoms with E-state index in [4.69, 9.17) is 0 Å². The topological polar surface area (TPSA) is 156 Å². The predicted molar refractivity (Wildman–Crippen MR) is 117 cm³/mol. The number of allylic oxidation sites excluding steroid dienone is 3. The van der Waals surface area contributed by atoms with E-state index in [1.807, 2.05) is 19.9 Å². The second-order valence-corrected chi connectivity index (χ2v) is 8.52. The van der Waals surface area contributed by atoms with Crippen molar-refractivity contribution < 1.29 is 40.2 Å². The Morgan fingerprint density at radius 2 is 1.84 bits per heavy atom. The quantitative estimate of drug-likeness (QED) is 0.235. The van der Waals surface area contributed by atoms with E-state index in [2.05, 4.69) is 0 Å². The smallest absolute Gasteiger partial charge is 0.198 e. The molecule has 2 atom stereocenters. The van der Waals surface area contributed by atoms with Gasteiger partial charge in [-0.2, -0.15) is 0 Å². The SMILES string of the molecule is CC(=O)C=C(O)CC1(O)Cc2c(c(O)c3c(O)cc(O)cc3c2CC=C(C)C)C(=O)C1O. The molecule has 0 spiro atoms. The van der Waals surface area contributed by atoms with Gasteiger partial charge in [0.15, 0.2) is 11.6 Å². The van der Waals surface area contributed by atoms with Gasteiger partial charge in [-0.1, -0.05) is 11.6 Å². The first-order chi connectivity index (χ1) is 14.9. The molecule has 0 saturated heterocycles. The van der Waals surface area contributed by atoms with Gasteiger partial charge in [0.1, 0.15) is 29.0 Å². The minimum Gasteiger partial charge on any atom is -0.512 e. The van der Waals surface area contributed by atoms with Gasteiger partial charge in [-0.15, -0.1) is 0 Å². The average Bonchev–Trinajstić information content (AvgIpc) is 2.64. The van der Waals surface area contributed by atoms with E-state index in [1.54, 1.807) is 0 Å². The minimum atomic E-state index is -2.14. The second kappa shape index (κ2) is 8.29. The molecule has 1 aliphatic rings. The molecule has 8 nitrogen and oxygen atoms in total. The molecule has 2 unspecified atom stereocenters. The van der Waals surface area contributed by atoms with Crippen molar-refractivity contribution >= 4 is 22.3 Å². The first kappa shape index (κ1) is 23.3. The minimum absolute atomic E-state index is 0.0518. The van der Waals surface area contributed by atoms with Gasteiger partial charge >= 0.3 is 0 Å². The summed E-state index contributed by atoms with van der Waals surface area (Å²) in [6.07, 6.45) is 0.106. The van der Waals surface area contributed by atoms with E-state index in [0.717, 1.165) is 17.7 Å². The van der Waals surface area contributed by atoms with Crippen LogP contribution in [0.5, 0.6) is 17.2 Å². The van der Waals surface area contributed by atoms with Crippen LogP contribution in [-0.2, 0) is 17.6 Å². The molecule has 6 N–H and O–H groups in total. The Bertz CT molecular complexity index is 1190. The highest BCUT2D eigenvalue weighted by Crippen LogP contribution is 2.47. The van der Waals surface area contributed by atoms with Crippen molar-refractivity contribution in [3.8, 4) is 17.2 Å². The molecule has 0 radical (unpaired) electrons. The number of rotatable bonds is 5. The van der Waals surface area contributed by atoms with Crippen molar-refractivity contribution in [3.63, 3.8) is 0 Å². The number of fused-ring (bicyclic) bond motifs is 2. The lowest BCUT2D eigenvalue weighted by atomic mass is 9.72. The van der Waals surface area contributed by atoms with Crippen LogP contribution in [0.25, 0.3) is 10.8 Å². The van der Waals surface area contributed by atoms with Crippen LogP contribution in [0.4, 0.5) is 0 Å². The molecule has 1 aliphatic carbocycles. The third-order valence-corrected chi connectivity index (χ3v) is 5.63. The van der Waals surface area contributed by atoms with E-state index in [1.165, 1.54) is 13.0 Å². The number of phenols is 3. The van der Waals surface area contributed by atoms with Crippen LogP contribution in [0.15, 0.2) is 35.6 Å². The molecule has 0 aromatic heterocycles. The fourth-order valence-corrected chi connectivity index (χ4v) is 4.22. The molecule has 0 fully saturated rings. The van der Waals surface area contributed by atoms with Gasteiger partial charge in [0.05, 0.1) is 16.7 Å². The number of aliphatic hydroxyl groups excluding tert-OH is 2. The highest BCUT2D eigenvalue weighted by atomic mass is 16.4. The third-order valence-electron chi connectivity index (χ3n) is 5.63. The molecule has 0 amide bonds. The van der Waals surface area contributed by atoms with Gasteiger partial charge < -0.3 is 30.6 Å². The number of aliphatic hydroxyl groups is 3. The lowest BCUT2D eigenvalue weighted by Crippen LogP contribution is -2.53. The summed E-state index contributed by atoms with van der Waals surface area (Å²) in [5.41, 5.74) is -0.731. The van der Waals surface area contributed by atoms with Crippen LogP contribution in [0.1, 0.15) is 48.7 Å². The number of carbonyl (C=O) groups excluding carboxylic acids is 2. The van der Waals surface area contributed by atoms with Gasteiger partial charge in [-0.05, 0) is 49.8 Å². The van der Waals surface area contributed by atoms with Crippen molar-refractivity contribution in [2.75, 3.05) is 0 Å². The largest absolute Gasteiger partial charge is 0.512 e. The number of benzene rings is 2. The number of phenolic OH excluding ortho intramolecular Hbond substituents is 3. The second-order valence-electron chi connectivity index (χ2n) is 8.52. The van der Waals surface area contributed by atoms with Crippen LogP contribution >= 0.6 is 0 Å². The van der Waals surface area contributed by atoms with Crippen molar-refractivity contribution in [1.29, 1.82) is 0 Å². The van der Waals surface area contributed by atoms with Crippen molar-refractivity contribution in [2.45, 2.75) is 51.7 Å². The van der Waals surface area contributed by atoms with Gasteiger partial charge in [-0.25, -0.2) is 0 Å². The molecule has 0 saturated carbocycles. The van der Waals surface area contributed by atoms with Crippen molar-refractivity contribution in [3.05, 3.63) is 52.3 Å². The fourth-order valence-electron chi connectivity index (χ4n) is 4.22. The first-order valence-corrected chi connectivity index (χ1v) is 10.1. The molecule has 2 aromatic rings. The molecule has 32 heavy (non-hydrogen) atoms. The van der Waals surface area contributed by atoms with E-state index in [-0.39, 0.29) is 40.5 Å². The third kappa shape index (κ3) is 4.06. The maximum atomic E-state index is 13.1. The Hall–Kier alpha value is -3.36. The maximum Gasteiger partial charge on any atom is 0.198 e. The molecular formula is C24H26O8. The monoisotopic (exact) mass is 442 g/mol. The molecule has 0 heterocycles. The van der Waals surface area contributed by atoms with Gasteiger partial charge in [0.25, 0.3) is 0 Å². The highest BCUT2D eigenvalue weighted by Gasteiger charge is 2.48. The number of aromatic hydroxyl groups is 3. The van der Waals surface area contributed by atoms with E-state index >= 15 is 0 Å². The average molecular weight is 442 g/mol. The first-order valence-electron chi connectivity index (χ1n) is 10.1. The lowest BCUT2D eigenvalue weighted by molar-refractivity contribution is -0.112. The predicted octanol–water partition coefficient (Wildman–Crippen LogP) is 2.72. The highest BCUT2D eigenvalue weighted by molar-refractivity contribution is 6.12. The summed E-state index contributed by atoms with van der Waals surface area (Å²) in [5, 5.41) is 63.3. The zero-order valence-electron chi connectivity index (χ0n) is 18.0. The molecule has 0 bridgehead atoms. The van der Waals surface area contributed by atoms with Gasteiger partial charge in [-0.3, -0.25) is 9.59 Å². The molecule has 170 valence electrons. The van der Waals surface area contributed by atoms with Crippen LogP contribution in [-0.4, -0.2) is 53.9 Å². The van der Waals surface area contributed by atoms with Crippen LogP contribution in [0, 0.1) is 0 Å². The Balaban J connectivity index is 2.33. The molecule has 8 heteroatoms. The van der Waals surface area contributed by atoms with E-state index in [9.17, 15) is 40.2 Å². The van der Waals surface area contributed by atoms with Crippen molar-refractivity contribution in [1.82, 2.24) is 0 Å². The van der Waals surface area contributed by atoms with Crippen molar-refractivity contribution in [2.24, 2.45) is 0 Å². The van der Waals surface area contributed by atoms with E-state index in [0.29, 0.717) is 5.56 Å². The number of hydrogen-bond acceptors (Lipinski definition) is 8. The summed E-state index contributed by atoms with van der Waals surface area (Å²) in [6.45, 7) is 4.93. The summed E-state index contributed by atoms with van der Waals surface area (Å²) in [4.78, 5) is 24.4. The Labute approximate surface area is 184 Å². The Morgan fingerprint density at radius 1 is 1.19 bits per heavy atom. The zero-order chi connectivity index (χ0) is 24.0. The van der Waals surface area contributed by atoms with Crippen LogP contribution < -0.4 is 0 Å². The molecule has 3 rings (SSSR count). The summed E-state index contributed by atoms with van der Waals surface area (Å²) in [7, 11) is 0. The lowest BCUT2D eigenvalue weighted by Gasteiger charge is -2.38. The summed E-state index contributed by atoms with van der Waals surface area (Å²) in [6, 6.07) is 2.37. The number of hydrogen-bond donors (Lipinski definition) is 6. The number of ketones is 2. The van der Waals surface area contributed by atoms with Gasteiger partial charge in [0.2, 0.25) is 0 Å². The molecular weight excluding hydrogens is 416 g/mol. The maximum absolute atomic E-state index is 13.1. The van der Waals surface area contributed by atoms with Gasteiger partial charge in [0, 0.05) is 25.0 Å². The van der Waals surface area contributed by atoms with Crippen LogP contribution in [0.2, 0.25) is 0 Å². The zero-order valence-corrected chi connectivity index (χ0v) is 18.0. The molecule has 2 aromatic carbocycles. The number of carbonyl (C=O) groups is 2.